The Morgan fingerprint density at radius 1 is 0.581 bits per heavy atom. The van der Waals surface area contributed by atoms with Crippen LogP contribution in [0, 0.1) is 0 Å². The lowest BCUT2D eigenvalue weighted by molar-refractivity contribution is 0.280. The van der Waals surface area contributed by atoms with Gasteiger partial charge in [0.1, 0.15) is 12.4 Å². The summed E-state index contributed by atoms with van der Waals surface area (Å²) in [6, 6.07) is 3.03. The van der Waals surface area contributed by atoms with Crippen molar-refractivity contribution < 1.29 is 25.3 Å². The molecule has 43 heavy (non-hydrogen) atoms. The summed E-state index contributed by atoms with van der Waals surface area (Å²) in [7, 11) is 0. The number of ether oxygens (including phenoxy) is 1. The first-order valence-corrected chi connectivity index (χ1v) is 13.4. The lowest BCUT2D eigenvalue weighted by atomic mass is 10.1. The van der Waals surface area contributed by atoms with E-state index in [1.54, 1.807) is 18.2 Å². The molecule has 0 N–H and O–H groups in total. The van der Waals surface area contributed by atoms with Crippen molar-refractivity contribution in [3.63, 3.8) is 0 Å². The van der Waals surface area contributed by atoms with Gasteiger partial charge < -0.3 is 13.9 Å². The average molecular weight is 568 g/mol. The van der Waals surface area contributed by atoms with E-state index in [1.807, 2.05) is 28.8 Å². The van der Waals surface area contributed by atoms with Crippen LogP contribution in [0.15, 0.2) is 133 Å². The molecule has 0 bridgehead atoms. The summed E-state index contributed by atoms with van der Waals surface area (Å²) >= 11 is 0. The minimum absolute atomic E-state index is 0.105. The number of fused-ring (bicyclic) bond motifs is 11. The van der Waals surface area contributed by atoms with Gasteiger partial charge in [0.15, 0.2) is 5.82 Å². The van der Waals surface area contributed by atoms with Crippen LogP contribution >= 0.6 is 0 Å². The molecular formula is C38H24N4O. The first-order chi connectivity index (χ1) is 27.6. The van der Waals surface area contributed by atoms with Crippen molar-refractivity contribution in [3.8, 4) is 22.8 Å². The molecule has 3 aromatic heterocycles. The fraction of sp³-hybridized carbons (Fsp3) is 0.0263. The lowest BCUT2D eigenvalue weighted by Crippen LogP contribution is -2.12. The SMILES string of the molecule is [2H]c1c([2H])c([2H])c2c(c1[2H])c1c([2H])c(-n3c4c([2H])c([2H])c([2H])c([2H])c4c4c([2H])c([2H])c([2H])c([2H])c43)c([2H])c([2H])c1n2-c1ccc2nc3n(c2c1)-c1ccccc1OC3. The van der Waals surface area contributed by atoms with Crippen molar-refractivity contribution in [1.29, 1.82) is 0 Å². The summed E-state index contributed by atoms with van der Waals surface area (Å²) in [5.41, 5.74) is 0.756. The quantitative estimate of drug-likeness (QED) is 0.209. The molecule has 202 valence electrons. The van der Waals surface area contributed by atoms with Crippen LogP contribution in [0.4, 0.5) is 0 Å². The lowest BCUT2D eigenvalue weighted by Gasteiger charge is -2.19. The van der Waals surface area contributed by atoms with Crippen LogP contribution in [0.2, 0.25) is 0 Å². The van der Waals surface area contributed by atoms with Gasteiger partial charge in [-0.15, -0.1) is 0 Å². The molecule has 0 radical (unpaired) electrons. The van der Waals surface area contributed by atoms with Crippen LogP contribution < -0.4 is 4.74 Å². The van der Waals surface area contributed by atoms with Gasteiger partial charge in [0.05, 0.1) is 59.3 Å². The third-order valence-electron chi connectivity index (χ3n) is 7.83. The topological polar surface area (TPSA) is 36.9 Å². The molecule has 9 aromatic rings. The minimum Gasteiger partial charge on any atom is -0.483 e. The van der Waals surface area contributed by atoms with Gasteiger partial charge in [-0.3, -0.25) is 4.57 Å². The van der Waals surface area contributed by atoms with Crippen LogP contribution in [0.1, 0.15) is 26.4 Å². The molecule has 5 heteroatoms. The van der Waals surface area contributed by atoms with Crippen LogP contribution in [-0.4, -0.2) is 18.7 Å². The smallest absolute Gasteiger partial charge is 0.152 e. The molecule has 0 unspecified atom stereocenters. The van der Waals surface area contributed by atoms with E-state index in [9.17, 15) is 4.11 Å². The molecule has 0 amide bonds. The van der Waals surface area contributed by atoms with Gasteiger partial charge in [0.25, 0.3) is 0 Å². The highest BCUT2D eigenvalue weighted by atomic mass is 16.5. The van der Waals surface area contributed by atoms with Gasteiger partial charge in [-0.05, 0) is 66.6 Å². The first-order valence-electron chi connectivity index (χ1n) is 20.9. The largest absolute Gasteiger partial charge is 0.483 e. The highest BCUT2D eigenvalue weighted by molar-refractivity contribution is 6.12. The van der Waals surface area contributed by atoms with Crippen LogP contribution in [0.25, 0.3) is 71.7 Å². The molecule has 10 rings (SSSR count). The highest BCUT2D eigenvalue weighted by Gasteiger charge is 2.22. The Morgan fingerprint density at radius 2 is 1.21 bits per heavy atom. The molecule has 0 saturated heterocycles. The Balaban J connectivity index is 1.41. The van der Waals surface area contributed by atoms with Gasteiger partial charge in [-0.25, -0.2) is 4.98 Å². The Hall–Kier alpha value is -5.81. The molecule has 1 aliphatic rings. The minimum atomic E-state index is -0.709. The highest BCUT2D eigenvalue weighted by Crippen LogP contribution is 2.38. The summed E-state index contributed by atoms with van der Waals surface area (Å²) < 4.78 is 144. The molecule has 0 aliphatic carbocycles. The maximum Gasteiger partial charge on any atom is 0.152 e. The van der Waals surface area contributed by atoms with E-state index in [0.29, 0.717) is 34.0 Å². The molecule has 0 saturated carbocycles. The number of nitrogens with zero attached hydrogens (tertiary/aromatic N) is 4. The Bertz CT molecular complexity index is 3350. The zero-order valence-electron chi connectivity index (χ0n) is 36.9. The second-order valence-corrected chi connectivity index (χ2v) is 10.1. The van der Waals surface area contributed by atoms with Crippen molar-refractivity contribution >= 4 is 54.6 Å². The van der Waals surface area contributed by atoms with Crippen LogP contribution in [0.5, 0.6) is 5.75 Å². The zero-order chi connectivity index (χ0) is 41.1. The molecule has 5 nitrogen and oxygen atoms in total. The fourth-order valence-corrected chi connectivity index (χ4v) is 6.04. The number of para-hydroxylation sites is 5. The zero-order valence-corrected chi connectivity index (χ0v) is 21.9. The maximum atomic E-state index is 9.80. The van der Waals surface area contributed by atoms with E-state index in [0.717, 1.165) is 4.57 Å². The van der Waals surface area contributed by atoms with Gasteiger partial charge >= 0.3 is 0 Å². The molecule has 6 aromatic carbocycles. The van der Waals surface area contributed by atoms with Crippen molar-refractivity contribution in [1.82, 2.24) is 18.7 Å². The number of hydrogen-bond donors (Lipinski definition) is 0. The van der Waals surface area contributed by atoms with E-state index < -0.39 is 96.3 Å². The predicted octanol–water partition coefficient (Wildman–Crippen LogP) is 9.11. The van der Waals surface area contributed by atoms with Crippen molar-refractivity contribution in [2.75, 3.05) is 0 Å². The average Bonchev–Trinajstić information content (AvgIpc) is 3.90. The number of imidazole rings is 1. The summed E-state index contributed by atoms with van der Waals surface area (Å²) in [6.45, 7) is 0.176. The second-order valence-electron chi connectivity index (χ2n) is 10.1. The fourth-order valence-electron chi connectivity index (χ4n) is 6.04. The summed E-state index contributed by atoms with van der Waals surface area (Å²) in [5, 5.41) is -0.928. The summed E-state index contributed by atoms with van der Waals surface area (Å²) in [4.78, 5) is 4.74. The molecular weight excluding hydrogens is 528 g/mol. The summed E-state index contributed by atoms with van der Waals surface area (Å²) in [6.07, 6.45) is 0. The molecule has 0 fully saturated rings. The second kappa shape index (κ2) is 8.37. The van der Waals surface area contributed by atoms with E-state index >= 15 is 0 Å². The third-order valence-corrected chi connectivity index (χ3v) is 7.83. The maximum absolute atomic E-state index is 9.80. The predicted molar refractivity (Wildman–Crippen MR) is 174 cm³/mol. The van der Waals surface area contributed by atoms with Gasteiger partial charge in [0, 0.05) is 32.9 Å². The van der Waals surface area contributed by atoms with E-state index in [-0.39, 0.29) is 50.2 Å². The number of benzene rings is 6. The van der Waals surface area contributed by atoms with Crippen molar-refractivity contribution in [2.24, 2.45) is 0 Å². The van der Waals surface area contributed by atoms with Gasteiger partial charge in [-0.2, -0.15) is 0 Å². The Kier molecular flexibility index (Phi) is 2.53. The van der Waals surface area contributed by atoms with Crippen molar-refractivity contribution in [2.45, 2.75) is 6.61 Å². The standard InChI is InChI=1S/C38H24N4O/c1-4-12-31-26(9-1)27-10-2-5-13-32(27)40(31)24-18-20-34-29(21-24)28-11-3-6-14-33(28)41(34)25-17-19-30-36(22-25)42-35-15-7-8-16-37(35)43-23-38(42)39-30/h1-22H,23H2/i1D,2D,3D,4D,5D,6D,9D,10D,11D,12D,13D,14D,18D,20D,21D. The van der Waals surface area contributed by atoms with Gasteiger partial charge in [-0.1, -0.05) is 66.5 Å². The van der Waals surface area contributed by atoms with Crippen molar-refractivity contribution in [3.05, 3.63) is 139 Å². The normalized spacial score (nSPS) is 17.6. The monoisotopic (exact) mass is 567 g/mol. The number of aromatic nitrogens is 4. The summed E-state index contributed by atoms with van der Waals surface area (Å²) in [5.74, 6) is 1.22. The molecule has 0 spiro atoms. The molecule has 4 heterocycles. The Labute approximate surface area is 267 Å². The number of hydrogen-bond acceptors (Lipinski definition) is 2. The first kappa shape index (κ1) is 13.0. The molecule has 1 aliphatic heterocycles. The van der Waals surface area contributed by atoms with E-state index in [1.165, 1.54) is 4.57 Å². The van der Waals surface area contributed by atoms with E-state index in [2.05, 4.69) is 0 Å². The van der Waals surface area contributed by atoms with Crippen LogP contribution in [0.3, 0.4) is 0 Å². The molecule has 0 atom stereocenters. The number of rotatable bonds is 2. The Morgan fingerprint density at radius 3 is 1.95 bits per heavy atom. The van der Waals surface area contributed by atoms with E-state index in [4.69, 9.17) is 26.2 Å². The van der Waals surface area contributed by atoms with Crippen LogP contribution in [-0.2, 0) is 6.61 Å². The third kappa shape index (κ3) is 3.08. The van der Waals surface area contributed by atoms with Gasteiger partial charge in [0.2, 0.25) is 0 Å².